The third kappa shape index (κ3) is 3.57. The number of hydrogen-bond donors (Lipinski definition) is 0. The van der Waals surface area contributed by atoms with Crippen molar-refractivity contribution in [2.24, 2.45) is 0 Å². The van der Waals surface area contributed by atoms with Crippen LogP contribution in [0.25, 0.3) is 76.8 Å². The van der Waals surface area contributed by atoms with Gasteiger partial charge in [0.05, 0.1) is 0 Å². The molecule has 0 saturated heterocycles. The number of oxazole rings is 1. The smallest absolute Gasteiger partial charge is 0.227 e. The van der Waals surface area contributed by atoms with Crippen LogP contribution in [0.15, 0.2) is 154 Å². The molecule has 2 aromatic heterocycles. The third-order valence-electron chi connectivity index (χ3n) is 9.02. The highest BCUT2D eigenvalue weighted by Crippen LogP contribution is 2.44. The lowest BCUT2D eigenvalue weighted by Gasteiger charge is -2.26. The van der Waals surface area contributed by atoms with E-state index in [2.05, 4.69) is 126 Å². The second-order valence-corrected chi connectivity index (χ2v) is 11.6. The summed E-state index contributed by atoms with van der Waals surface area (Å²) in [5.41, 5.74) is 7.55. The molecule has 4 nitrogen and oxygen atoms in total. The second kappa shape index (κ2) is 9.18. The van der Waals surface area contributed by atoms with E-state index in [0.29, 0.717) is 5.89 Å². The zero-order valence-corrected chi connectivity index (χ0v) is 24.1. The zero-order valence-electron chi connectivity index (χ0n) is 24.1. The van der Waals surface area contributed by atoms with Crippen molar-refractivity contribution < 1.29 is 8.83 Å². The molecule has 0 fully saturated rings. The summed E-state index contributed by atoms with van der Waals surface area (Å²) in [6.07, 6.45) is 0. The van der Waals surface area contributed by atoms with Crippen LogP contribution in [0.3, 0.4) is 0 Å². The summed E-state index contributed by atoms with van der Waals surface area (Å²) < 4.78 is 12.7. The number of furan rings is 1. The molecule has 0 aliphatic heterocycles. The van der Waals surface area contributed by atoms with Gasteiger partial charge in [-0.15, -0.1) is 0 Å². The summed E-state index contributed by atoms with van der Waals surface area (Å²) in [6, 6.07) is 50.9. The molecule has 45 heavy (non-hydrogen) atoms. The van der Waals surface area contributed by atoms with Crippen LogP contribution in [0.4, 0.5) is 17.1 Å². The molecule has 0 N–H and O–H groups in total. The van der Waals surface area contributed by atoms with E-state index in [4.69, 9.17) is 13.8 Å². The van der Waals surface area contributed by atoms with Crippen LogP contribution in [0.5, 0.6) is 0 Å². The standard InChI is InChI=1S/C41H24N2O2/c1-2-9-28(10-3-1)43(30-22-23-32-27(24-30)17-16-25-8-4-5-11-31(25)32)29-20-18-26(19-21-29)41-42-39-33-12-6-14-35-37(33)38-34(40(39)45-41)13-7-15-36(38)44-35/h1-24H. The van der Waals surface area contributed by atoms with E-state index in [-0.39, 0.29) is 0 Å². The first-order chi connectivity index (χ1) is 22.3. The van der Waals surface area contributed by atoms with Crippen LogP contribution in [0.2, 0.25) is 0 Å². The van der Waals surface area contributed by atoms with Gasteiger partial charge >= 0.3 is 0 Å². The normalized spacial score (nSPS) is 12.0. The van der Waals surface area contributed by atoms with Crippen LogP contribution >= 0.6 is 0 Å². The number of fused-ring (bicyclic) bond motifs is 6. The fourth-order valence-electron chi connectivity index (χ4n) is 6.98. The Morgan fingerprint density at radius 3 is 1.93 bits per heavy atom. The Labute approximate surface area is 257 Å². The minimum absolute atomic E-state index is 0.603. The van der Waals surface area contributed by atoms with Gasteiger partial charge in [-0.25, -0.2) is 4.98 Å². The Bertz CT molecular complexity index is 2620. The van der Waals surface area contributed by atoms with Gasteiger partial charge in [-0.05, 0) is 82.2 Å². The van der Waals surface area contributed by atoms with Crippen LogP contribution in [0.1, 0.15) is 0 Å². The second-order valence-electron chi connectivity index (χ2n) is 11.6. The fourth-order valence-corrected chi connectivity index (χ4v) is 6.98. The SMILES string of the molecule is c1ccc(N(c2ccc(-c3nc4c5cccc6oc7cccc(c4o3)c7c65)cc2)c2ccc3c(ccc4ccccc43)c2)cc1. The topological polar surface area (TPSA) is 42.4 Å². The summed E-state index contributed by atoms with van der Waals surface area (Å²) >= 11 is 0. The monoisotopic (exact) mass is 576 g/mol. The van der Waals surface area contributed by atoms with Crippen molar-refractivity contribution in [3.63, 3.8) is 0 Å². The van der Waals surface area contributed by atoms with E-state index in [1.807, 2.05) is 24.3 Å². The molecule has 4 heteroatoms. The number of benzene rings is 8. The maximum Gasteiger partial charge on any atom is 0.227 e. The van der Waals surface area contributed by atoms with Gasteiger partial charge in [-0.3, -0.25) is 0 Å². The first kappa shape index (κ1) is 24.3. The highest BCUT2D eigenvalue weighted by atomic mass is 16.3. The number of nitrogens with zero attached hydrogens (tertiary/aromatic N) is 2. The van der Waals surface area contributed by atoms with E-state index in [1.54, 1.807) is 0 Å². The van der Waals surface area contributed by atoms with Crippen LogP contribution in [-0.4, -0.2) is 4.98 Å². The van der Waals surface area contributed by atoms with Crippen molar-refractivity contribution in [2.75, 3.05) is 4.90 Å². The minimum atomic E-state index is 0.603. The molecule has 10 rings (SSSR count). The highest BCUT2D eigenvalue weighted by Gasteiger charge is 2.21. The van der Waals surface area contributed by atoms with E-state index >= 15 is 0 Å². The minimum Gasteiger partial charge on any atom is -0.456 e. The molecule has 0 aliphatic carbocycles. The predicted molar refractivity (Wildman–Crippen MR) is 185 cm³/mol. The maximum absolute atomic E-state index is 6.53. The quantitative estimate of drug-likeness (QED) is 0.195. The van der Waals surface area contributed by atoms with Gasteiger partial charge in [0.15, 0.2) is 5.58 Å². The Kier molecular flexibility index (Phi) is 4.96. The Balaban J connectivity index is 1.10. The zero-order chi connectivity index (χ0) is 29.5. The number of anilines is 3. The van der Waals surface area contributed by atoms with Gasteiger partial charge in [-0.2, -0.15) is 0 Å². The third-order valence-corrected chi connectivity index (χ3v) is 9.02. The summed E-state index contributed by atoms with van der Waals surface area (Å²) in [5, 5.41) is 9.24. The van der Waals surface area contributed by atoms with E-state index in [9.17, 15) is 0 Å². The molecular weight excluding hydrogens is 552 g/mol. The van der Waals surface area contributed by atoms with Gasteiger partial charge in [0.25, 0.3) is 0 Å². The summed E-state index contributed by atoms with van der Waals surface area (Å²) in [7, 11) is 0. The first-order valence-electron chi connectivity index (χ1n) is 15.1. The molecule has 0 atom stereocenters. The number of aromatic nitrogens is 1. The average molecular weight is 577 g/mol. The van der Waals surface area contributed by atoms with Crippen LogP contribution in [-0.2, 0) is 0 Å². The molecule has 0 radical (unpaired) electrons. The lowest BCUT2D eigenvalue weighted by Crippen LogP contribution is -2.09. The molecule has 0 bridgehead atoms. The van der Waals surface area contributed by atoms with E-state index in [0.717, 1.165) is 66.4 Å². The van der Waals surface area contributed by atoms with Crippen molar-refractivity contribution in [1.82, 2.24) is 4.98 Å². The summed E-state index contributed by atoms with van der Waals surface area (Å²) in [5.74, 6) is 0.603. The lowest BCUT2D eigenvalue weighted by atomic mass is 10.0. The number of rotatable bonds is 4. The molecule has 2 heterocycles. The van der Waals surface area contributed by atoms with Gasteiger partial charge in [0.1, 0.15) is 16.7 Å². The van der Waals surface area contributed by atoms with Crippen molar-refractivity contribution in [3.05, 3.63) is 146 Å². The Morgan fingerprint density at radius 1 is 0.444 bits per heavy atom. The molecule has 0 aliphatic rings. The van der Waals surface area contributed by atoms with Crippen molar-refractivity contribution in [1.29, 1.82) is 0 Å². The largest absolute Gasteiger partial charge is 0.456 e. The molecular formula is C41H24N2O2. The molecule has 0 saturated carbocycles. The number of para-hydroxylation sites is 1. The maximum atomic E-state index is 6.53. The van der Waals surface area contributed by atoms with Gasteiger partial charge in [0.2, 0.25) is 5.89 Å². The summed E-state index contributed by atoms with van der Waals surface area (Å²) in [4.78, 5) is 7.33. The molecule has 10 aromatic rings. The molecule has 0 unspecified atom stereocenters. The predicted octanol–water partition coefficient (Wildman–Crippen LogP) is 11.8. The van der Waals surface area contributed by atoms with Gasteiger partial charge in [0, 0.05) is 44.2 Å². The summed E-state index contributed by atoms with van der Waals surface area (Å²) in [6.45, 7) is 0. The average Bonchev–Trinajstić information content (AvgIpc) is 3.72. The van der Waals surface area contributed by atoms with Crippen molar-refractivity contribution in [3.8, 4) is 11.5 Å². The van der Waals surface area contributed by atoms with Crippen LogP contribution in [0, 0.1) is 0 Å². The molecule has 0 spiro atoms. The Morgan fingerprint density at radius 2 is 1.09 bits per heavy atom. The van der Waals surface area contributed by atoms with Crippen molar-refractivity contribution >= 4 is 82.4 Å². The fraction of sp³-hybridized carbons (Fsp3) is 0. The lowest BCUT2D eigenvalue weighted by molar-refractivity contribution is 0.623. The van der Waals surface area contributed by atoms with Gasteiger partial charge in [-0.1, -0.05) is 84.9 Å². The number of hydrogen-bond acceptors (Lipinski definition) is 4. The molecule has 210 valence electrons. The van der Waals surface area contributed by atoms with Gasteiger partial charge < -0.3 is 13.7 Å². The van der Waals surface area contributed by atoms with Crippen molar-refractivity contribution in [2.45, 2.75) is 0 Å². The Hall–Kier alpha value is -6.13. The van der Waals surface area contributed by atoms with Crippen LogP contribution < -0.4 is 4.90 Å². The van der Waals surface area contributed by atoms with E-state index in [1.165, 1.54) is 21.5 Å². The molecule has 8 aromatic carbocycles. The van der Waals surface area contributed by atoms with E-state index < -0.39 is 0 Å². The molecule has 0 amide bonds. The first-order valence-corrected chi connectivity index (χ1v) is 15.1. The highest BCUT2D eigenvalue weighted by molar-refractivity contribution is 6.31.